The van der Waals surface area contributed by atoms with E-state index >= 15 is 0 Å². The number of anilines is 9. The molecular formula is C130H99N3Si2. The monoisotopic (exact) mass is 1760 g/mol. The first-order chi connectivity index (χ1) is 67.0. The predicted octanol–water partition coefficient (Wildman–Crippen LogP) is 29.4. The Kier molecular flexibility index (Phi) is 26.1. The van der Waals surface area contributed by atoms with Crippen LogP contribution in [0.4, 0.5) is 51.2 Å². The molecule has 0 aliphatic heterocycles. The van der Waals surface area contributed by atoms with Gasteiger partial charge in [-0.3, -0.25) is 0 Å². The Labute approximate surface area is 795 Å². The summed E-state index contributed by atoms with van der Waals surface area (Å²) in [6, 6.07) is 217. The molecule has 0 fully saturated rings. The number of rotatable bonds is 23. The highest BCUT2D eigenvalue weighted by Crippen LogP contribution is 2.42. The molecule has 0 N–H and O–H groups in total. The van der Waals surface area contributed by atoms with Gasteiger partial charge < -0.3 is 14.7 Å². The predicted molar refractivity (Wildman–Crippen MR) is 581 cm³/mol. The molecule has 22 rings (SSSR count). The van der Waals surface area contributed by atoms with Gasteiger partial charge in [0.15, 0.2) is 16.1 Å². The Morgan fingerprint density at radius 1 is 0.104 bits per heavy atom. The Morgan fingerprint density at radius 2 is 0.259 bits per heavy atom. The zero-order valence-electron chi connectivity index (χ0n) is 75.0. The fraction of sp³-hybridized carbons (Fsp3) is 0. The summed E-state index contributed by atoms with van der Waals surface area (Å²) in [6.45, 7) is 0. The average molecular weight is 1760 g/mol. The summed E-state index contributed by atoms with van der Waals surface area (Å²) in [5.41, 5.74) is 24.7. The average Bonchev–Trinajstić information content (AvgIpc) is 0.734. The Balaban J connectivity index is 0.000000129. The van der Waals surface area contributed by atoms with Gasteiger partial charge in [0, 0.05) is 50.9 Å². The first kappa shape index (κ1) is 86.0. The number of fused-ring (bicyclic) bond motifs is 1. The first-order valence-electron chi connectivity index (χ1n) is 46.3. The Hall–Kier alpha value is -17.1. The van der Waals surface area contributed by atoms with Crippen molar-refractivity contribution in [2.75, 3.05) is 14.7 Å². The van der Waals surface area contributed by atoms with Crippen LogP contribution in [-0.4, -0.2) is 16.1 Å². The van der Waals surface area contributed by atoms with E-state index in [9.17, 15) is 0 Å². The Bertz CT molecular complexity index is 7100. The largest absolute Gasteiger partial charge is 0.311 e. The van der Waals surface area contributed by atoms with Gasteiger partial charge in [0.25, 0.3) is 0 Å². The van der Waals surface area contributed by atoms with Crippen molar-refractivity contribution in [3.8, 4) is 66.8 Å². The lowest BCUT2D eigenvalue weighted by Crippen LogP contribution is -2.74. The van der Waals surface area contributed by atoms with Gasteiger partial charge in [-0.1, -0.05) is 497 Å². The second kappa shape index (κ2) is 40.9. The summed E-state index contributed by atoms with van der Waals surface area (Å²) >= 11 is 0. The first-order valence-corrected chi connectivity index (χ1v) is 50.3. The van der Waals surface area contributed by atoms with E-state index in [4.69, 9.17) is 0 Å². The standard InChI is InChI=1S/C54H41NSi.C40H31NSi.C36H27N/c1-6-16-42(17-7-1)45-30-36-49(37-31-45)55(48-18-8-2-9-19-48)50-38-32-46(33-39-50)43-26-28-44(29-27-43)47-34-40-54(41-35-47)56(51-20-10-3-11-21-51,52-22-12-4-13-23-52)53-24-14-5-15-25-53;1-5-18-33(19-6-1)41(40-27-15-17-32-16-13-14-26-39(32)40)34-28-30-38(31-29-34)42(35-20-7-2-8-21-35,36-22-9-3-10-23-36)37-24-11-4-12-25-37;1-4-10-28(11-5-1)31-16-22-34(23-17-31)37(35-24-18-32(19-25-35)29-12-6-2-7-13-29)36-26-20-33(21-27-36)30-14-8-3-9-15-30/h1-41H;1-31H;1-27H. The molecule has 0 saturated carbocycles. The molecule has 0 radical (unpaired) electrons. The molecule has 0 aromatic heterocycles. The van der Waals surface area contributed by atoms with Crippen molar-refractivity contribution in [1.29, 1.82) is 0 Å². The van der Waals surface area contributed by atoms with Gasteiger partial charge >= 0.3 is 0 Å². The summed E-state index contributed by atoms with van der Waals surface area (Å²) < 4.78 is 0. The van der Waals surface area contributed by atoms with Crippen LogP contribution in [-0.2, 0) is 0 Å². The van der Waals surface area contributed by atoms with Gasteiger partial charge in [-0.05, 0) is 217 Å². The van der Waals surface area contributed by atoms with E-state index in [-0.39, 0.29) is 0 Å². The van der Waals surface area contributed by atoms with E-state index in [1.807, 2.05) is 0 Å². The fourth-order valence-corrected chi connectivity index (χ4v) is 28.7. The maximum Gasteiger partial charge on any atom is 0.179 e. The van der Waals surface area contributed by atoms with Crippen LogP contribution >= 0.6 is 0 Å². The molecule has 5 heteroatoms. The van der Waals surface area contributed by atoms with Crippen LogP contribution in [0.15, 0.2) is 601 Å². The molecule has 0 unspecified atom stereocenters. The molecule has 0 atom stereocenters. The van der Waals surface area contributed by atoms with Crippen LogP contribution < -0.4 is 56.2 Å². The molecular weight excluding hydrogens is 1660 g/mol. The number of para-hydroxylation sites is 2. The lowest BCUT2D eigenvalue weighted by molar-refractivity contribution is 1.28. The number of hydrogen-bond acceptors (Lipinski definition) is 3. The molecule has 0 heterocycles. The van der Waals surface area contributed by atoms with Gasteiger partial charge in [0.05, 0.1) is 5.69 Å². The molecule has 0 saturated heterocycles. The van der Waals surface area contributed by atoms with Crippen LogP contribution in [0, 0.1) is 0 Å². The molecule has 135 heavy (non-hydrogen) atoms. The highest BCUT2D eigenvalue weighted by molar-refractivity contribution is 7.20. The molecule has 0 spiro atoms. The number of benzene rings is 22. The van der Waals surface area contributed by atoms with Crippen molar-refractivity contribution >= 4 is 120 Å². The van der Waals surface area contributed by atoms with Crippen LogP contribution in [0.1, 0.15) is 0 Å². The van der Waals surface area contributed by atoms with Crippen LogP contribution in [0.3, 0.4) is 0 Å². The smallest absolute Gasteiger partial charge is 0.179 e. The summed E-state index contributed by atoms with van der Waals surface area (Å²) in [6.07, 6.45) is 0. The lowest BCUT2D eigenvalue weighted by Gasteiger charge is -2.35. The van der Waals surface area contributed by atoms with Crippen molar-refractivity contribution < 1.29 is 0 Å². The van der Waals surface area contributed by atoms with Gasteiger partial charge in [0.2, 0.25) is 0 Å². The minimum atomic E-state index is -2.58. The van der Waals surface area contributed by atoms with Crippen molar-refractivity contribution in [3.05, 3.63) is 601 Å². The second-order valence-corrected chi connectivity index (χ2v) is 41.4. The van der Waals surface area contributed by atoms with Gasteiger partial charge in [0.1, 0.15) is 0 Å². The van der Waals surface area contributed by atoms with Crippen molar-refractivity contribution in [1.82, 2.24) is 0 Å². The van der Waals surface area contributed by atoms with Gasteiger partial charge in [-0.2, -0.15) is 0 Å². The third kappa shape index (κ3) is 18.6. The molecule has 3 nitrogen and oxygen atoms in total. The van der Waals surface area contributed by atoms with Crippen LogP contribution in [0.5, 0.6) is 0 Å². The highest BCUT2D eigenvalue weighted by Gasteiger charge is 2.43. The zero-order chi connectivity index (χ0) is 90.6. The van der Waals surface area contributed by atoms with E-state index < -0.39 is 16.1 Å². The van der Waals surface area contributed by atoms with E-state index in [1.54, 1.807) is 0 Å². The third-order valence-corrected chi connectivity index (χ3v) is 35.4. The zero-order valence-corrected chi connectivity index (χ0v) is 77.0. The maximum absolute atomic E-state index is 2.58. The van der Waals surface area contributed by atoms with E-state index in [1.165, 1.54) is 125 Å². The lowest BCUT2D eigenvalue weighted by atomic mass is 10.00. The summed E-state index contributed by atoms with van der Waals surface area (Å²) in [7, 11) is -5.13. The Morgan fingerprint density at radius 3 is 0.519 bits per heavy atom. The molecule has 22 aromatic rings. The van der Waals surface area contributed by atoms with Crippen molar-refractivity contribution in [3.63, 3.8) is 0 Å². The summed E-state index contributed by atoms with van der Waals surface area (Å²) in [5.74, 6) is 0. The second-order valence-electron chi connectivity index (χ2n) is 33.8. The SMILES string of the molecule is c1ccc(-c2ccc(N(c3ccc(-c4ccccc4)cc3)c3ccc(-c4ccccc4)cc3)cc2)cc1.c1ccc(-c2ccc(N(c3ccccc3)c3ccc(-c4ccc(-c5ccc([Si](c6ccccc6)(c6ccccc6)c6ccccc6)cc5)cc4)cc3)cc2)cc1.c1ccc(N(c2ccc([Si](c3ccccc3)(c3ccccc3)c3ccccc3)cc2)c2cccc3ccccc23)cc1. The fourth-order valence-electron chi connectivity index (χ4n) is 19.2. The highest BCUT2D eigenvalue weighted by atomic mass is 28.3. The minimum Gasteiger partial charge on any atom is -0.311 e. The van der Waals surface area contributed by atoms with Crippen LogP contribution in [0.2, 0.25) is 0 Å². The van der Waals surface area contributed by atoms with E-state index in [0.29, 0.717) is 0 Å². The van der Waals surface area contributed by atoms with Crippen molar-refractivity contribution in [2.24, 2.45) is 0 Å². The topological polar surface area (TPSA) is 9.72 Å². The quantitative estimate of drug-likeness (QED) is 0.0467. The minimum absolute atomic E-state index is 1.12. The third-order valence-electron chi connectivity index (χ3n) is 25.8. The number of nitrogens with zero attached hydrogens (tertiary/aromatic N) is 3. The van der Waals surface area contributed by atoms with Gasteiger partial charge in [-0.25, -0.2) is 0 Å². The van der Waals surface area contributed by atoms with Crippen molar-refractivity contribution in [2.45, 2.75) is 0 Å². The molecule has 0 bridgehead atoms. The van der Waals surface area contributed by atoms with E-state index in [0.717, 1.165) is 45.5 Å². The summed E-state index contributed by atoms with van der Waals surface area (Å²) in [4.78, 5) is 7.01. The molecule has 0 aliphatic carbocycles. The summed E-state index contributed by atoms with van der Waals surface area (Å²) in [5, 5.41) is 13.5. The molecule has 642 valence electrons. The van der Waals surface area contributed by atoms with Gasteiger partial charge in [-0.15, -0.1) is 0 Å². The number of hydrogen-bond donors (Lipinski definition) is 0. The molecule has 0 amide bonds. The van der Waals surface area contributed by atoms with E-state index in [2.05, 4.69) is 615 Å². The molecule has 0 aliphatic rings. The van der Waals surface area contributed by atoms with Crippen LogP contribution in [0.25, 0.3) is 77.5 Å². The molecule has 22 aromatic carbocycles. The normalized spacial score (nSPS) is 11.1. The maximum atomic E-state index is 2.38.